The van der Waals surface area contributed by atoms with Crippen LogP contribution in [0, 0.1) is 0 Å². The summed E-state index contributed by atoms with van der Waals surface area (Å²) in [5, 5.41) is 4.95. The standard InChI is InChI=1S/C19H19NO3/c1-2-17(19(21)20-13-15-9-6-12-22-15)23-18-11-5-8-14-7-3-4-10-16(14)18/h3-12,17H,2,13H2,1H3,(H,20,21)/t17-/m0/s1. The number of amides is 1. The molecule has 0 unspecified atom stereocenters. The van der Waals surface area contributed by atoms with E-state index in [0.717, 1.165) is 22.3 Å². The molecule has 1 amide bonds. The van der Waals surface area contributed by atoms with E-state index < -0.39 is 6.10 Å². The molecule has 2 aromatic carbocycles. The molecule has 0 aliphatic rings. The van der Waals surface area contributed by atoms with Gasteiger partial charge in [-0.3, -0.25) is 4.79 Å². The van der Waals surface area contributed by atoms with E-state index in [1.165, 1.54) is 0 Å². The molecule has 118 valence electrons. The first-order valence-corrected chi connectivity index (χ1v) is 7.72. The second kappa shape index (κ2) is 7.01. The molecule has 23 heavy (non-hydrogen) atoms. The predicted molar refractivity (Wildman–Crippen MR) is 89.2 cm³/mol. The molecular formula is C19H19NO3. The van der Waals surface area contributed by atoms with E-state index in [2.05, 4.69) is 5.32 Å². The lowest BCUT2D eigenvalue weighted by molar-refractivity contribution is -0.128. The molecule has 0 aliphatic carbocycles. The predicted octanol–water partition coefficient (Wildman–Crippen LogP) is 3.91. The molecule has 0 saturated carbocycles. The summed E-state index contributed by atoms with van der Waals surface area (Å²) in [7, 11) is 0. The quantitative estimate of drug-likeness (QED) is 0.751. The highest BCUT2D eigenvalue weighted by atomic mass is 16.5. The third-order valence-electron chi connectivity index (χ3n) is 3.70. The topological polar surface area (TPSA) is 51.5 Å². The molecule has 4 nitrogen and oxygen atoms in total. The zero-order valence-electron chi connectivity index (χ0n) is 13.0. The summed E-state index contributed by atoms with van der Waals surface area (Å²) in [5.41, 5.74) is 0. The molecule has 0 radical (unpaired) electrons. The lowest BCUT2D eigenvalue weighted by Gasteiger charge is -2.18. The van der Waals surface area contributed by atoms with E-state index in [1.807, 2.05) is 55.5 Å². The second-order valence-corrected chi connectivity index (χ2v) is 5.29. The van der Waals surface area contributed by atoms with E-state index in [-0.39, 0.29) is 5.91 Å². The van der Waals surface area contributed by atoms with Gasteiger partial charge in [-0.2, -0.15) is 0 Å². The van der Waals surface area contributed by atoms with Gasteiger partial charge < -0.3 is 14.5 Å². The van der Waals surface area contributed by atoms with Gasteiger partial charge >= 0.3 is 0 Å². The van der Waals surface area contributed by atoms with Crippen LogP contribution in [0.4, 0.5) is 0 Å². The Hall–Kier alpha value is -2.75. The minimum atomic E-state index is -0.532. The van der Waals surface area contributed by atoms with E-state index in [0.29, 0.717) is 13.0 Å². The lowest BCUT2D eigenvalue weighted by Crippen LogP contribution is -2.37. The molecule has 0 aliphatic heterocycles. The van der Waals surface area contributed by atoms with Crippen molar-refractivity contribution >= 4 is 16.7 Å². The van der Waals surface area contributed by atoms with Crippen LogP contribution in [0.25, 0.3) is 10.8 Å². The maximum Gasteiger partial charge on any atom is 0.261 e. The molecule has 1 heterocycles. The summed E-state index contributed by atoms with van der Waals surface area (Å²) in [5.74, 6) is 1.30. The van der Waals surface area contributed by atoms with Gasteiger partial charge in [-0.25, -0.2) is 0 Å². The van der Waals surface area contributed by atoms with Crippen molar-refractivity contribution in [3.63, 3.8) is 0 Å². The first-order valence-electron chi connectivity index (χ1n) is 7.72. The summed E-state index contributed by atoms with van der Waals surface area (Å²) >= 11 is 0. The molecule has 0 spiro atoms. The number of carbonyl (C=O) groups is 1. The summed E-state index contributed by atoms with van der Waals surface area (Å²) < 4.78 is 11.2. The minimum Gasteiger partial charge on any atom is -0.480 e. The molecule has 0 fully saturated rings. The summed E-state index contributed by atoms with van der Waals surface area (Å²) in [4.78, 5) is 12.3. The third kappa shape index (κ3) is 3.54. The van der Waals surface area contributed by atoms with Gasteiger partial charge in [0.05, 0.1) is 12.8 Å². The van der Waals surface area contributed by atoms with Crippen LogP contribution in [0.3, 0.4) is 0 Å². The van der Waals surface area contributed by atoms with Gasteiger partial charge in [0, 0.05) is 5.39 Å². The number of carbonyl (C=O) groups excluding carboxylic acids is 1. The van der Waals surface area contributed by atoms with Crippen molar-refractivity contribution in [2.75, 3.05) is 0 Å². The molecule has 1 aromatic heterocycles. The SMILES string of the molecule is CC[C@H](Oc1cccc2ccccc12)C(=O)NCc1ccco1. The van der Waals surface area contributed by atoms with Crippen molar-refractivity contribution < 1.29 is 13.9 Å². The zero-order valence-corrected chi connectivity index (χ0v) is 13.0. The van der Waals surface area contributed by atoms with Crippen LogP contribution in [0.5, 0.6) is 5.75 Å². The number of hydrogen-bond acceptors (Lipinski definition) is 3. The summed E-state index contributed by atoms with van der Waals surface area (Å²) in [6.07, 6.45) is 1.65. The average Bonchev–Trinajstić information content (AvgIpc) is 3.11. The van der Waals surface area contributed by atoms with Crippen LogP contribution in [-0.4, -0.2) is 12.0 Å². The van der Waals surface area contributed by atoms with Gasteiger partial charge in [0.2, 0.25) is 0 Å². The van der Waals surface area contributed by atoms with Crippen molar-refractivity contribution in [1.82, 2.24) is 5.32 Å². The van der Waals surface area contributed by atoms with E-state index in [4.69, 9.17) is 9.15 Å². The Bertz CT molecular complexity index is 775. The highest BCUT2D eigenvalue weighted by Gasteiger charge is 2.19. The molecule has 1 atom stereocenters. The van der Waals surface area contributed by atoms with Crippen LogP contribution < -0.4 is 10.1 Å². The Balaban J connectivity index is 1.71. The molecule has 0 bridgehead atoms. The largest absolute Gasteiger partial charge is 0.480 e. The van der Waals surface area contributed by atoms with E-state index in [1.54, 1.807) is 12.3 Å². The summed E-state index contributed by atoms with van der Waals surface area (Å²) in [6.45, 7) is 2.30. The second-order valence-electron chi connectivity index (χ2n) is 5.29. The molecule has 0 saturated heterocycles. The number of benzene rings is 2. The molecule has 3 rings (SSSR count). The molecule has 1 N–H and O–H groups in total. The lowest BCUT2D eigenvalue weighted by atomic mass is 10.1. The van der Waals surface area contributed by atoms with Crippen LogP contribution in [0.1, 0.15) is 19.1 Å². The van der Waals surface area contributed by atoms with Crippen LogP contribution in [0.2, 0.25) is 0 Å². The van der Waals surface area contributed by atoms with Crippen LogP contribution in [-0.2, 0) is 11.3 Å². The van der Waals surface area contributed by atoms with Gasteiger partial charge in [-0.05, 0) is 30.0 Å². The van der Waals surface area contributed by atoms with Crippen molar-refractivity contribution in [3.8, 4) is 5.75 Å². The van der Waals surface area contributed by atoms with Crippen LogP contribution in [0.15, 0.2) is 65.3 Å². The van der Waals surface area contributed by atoms with Crippen molar-refractivity contribution in [2.24, 2.45) is 0 Å². The maximum absolute atomic E-state index is 12.3. The fraction of sp³-hybridized carbons (Fsp3) is 0.211. The van der Waals surface area contributed by atoms with Gasteiger partial charge in [0.15, 0.2) is 6.10 Å². The summed E-state index contributed by atoms with van der Waals surface area (Å²) in [6, 6.07) is 17.5. The maximum atomic E-state index is 12.3. The van der Waals surface area contributed by atoms with E-state index >= 15 is 0 Å². The normalized spacial score (nSPS) is 12.0. The molecule has 4 heteroatoms. The Morgan fingerprint density at radius 3 is 2.74 bits per heavy atom. The molecule has 3 aromatic rings. The van der Waals surface area contributed by atoms with E-state index in [9.17, 15) is 4.79 Å². The van der Waals surface area contributed by atoms with Crippen LogP contribution >= 0.6 is 0 Å². The number of rotatable bonds is 6. The highest BCUT2D eigenvalue weighted by Crippen LogP contribution is 2.26. The minimum absolute atomic E-state index is 0.142. The average molecular weight is 309 g/mol. The number of fused-ring (bicyclic) bond motifs is 1. The third-order valence-corrected chi connectivity index (χ3v) is 3.70. The van der Waals surface area contributed by atoms with Crippen molar-refractivity contribution in [2.45, 2.75) is 26.0 Å². The smallest absolute Gasteiger partial charge is 0.261 e. The van der Waals surface area contributed by atoms with Gasteiger partial charge in [0.25, 0.3) is 5.91 Å². The Kier molecular flexibility index (Phi) is 4.62. The highest BCUT2D eigenvalue weighted by molar-refractivity contribution is 5.89. The fourth-order valence-electron chi connectivity index (χ4n) is 2.48. The number of furan rings is 1. The fourth-order valence-corrected chi connectivity index (χ4v) is 2.48. The van der Waals surface area contributed by atoms with Crippen molar-refractivity contribution in [3.05, 3.63) is 66.6 Å². The zero-order chi connectivity index (χ0) is 16.1. The first-order chi connectivity index (χ1) is 11.3. The number of nitrogens with one attached hydrogen (secondary N) is 1. The number of ether oxygens (including phenoxy) is 1. The molecular weight excluding hydrogens is 290 g/mol. The van der Waals surface area contributed by atoms with Gasteiger partial charge in [0.1, 0.15) is 11.5 Å². The monoisotopic (exact) mass is 309 g/mol. The Labute approximate surface area is 135 Å². The Morgan fingerprint density at radius 2 is 1.96 bits per heavy atom. The van der Waals surface area contributed by atoms with Gasteiger partial charge in [-0.15, -0.1) is 0 Å². The number of hydrogen-bond donors (Lipinski definition) is 1. The van der Waals surface area contributed by atoms with Crippen molar-refractivity contribution in [1.29, 1.82) is 0 Å². The first kappa shape index (κ1) is 15.2. The van der Waals surface area contributed by atoms with Gasteiger partial charge in [-0.1, -0.05) is 43.3 Å². The Morgan fingerprint density at radius 1 is 1.13 bits per heavy atom.